The SMILES string of the molecule is CCc1nc2ccccc2c(=O)n1CCC(=O)NCC(=O)N1CCN(c2c(F)cc(N3C[C@H](CNC(=O)OC)OC3=O)cc2F)CC1. The third-order valence-corrected chi connectivity index (χ3v) is 8.05. The van der Waals surface area contributed by atoms with Crippen LogP contribution in [-0.4, -0.2) is 97.5 Å². The summed E-state index contributed by atoms with van der Waals surface area (Å²) in [5.41, 5.74) is 0.0500. The Morgan fingerprint density at radius 2 is 1.74 bits per heavy atom. The van der Waals surface area contributed by atoms with Gasteiger partial charge < -0.3 is 29.9 Å². The molecule has 250 valence electrons. The number of amides is 4. The fourth-order valence-corrected chi connectivity index (χ4v) is 5.60. The molecule has 0 bridgehead atoms. The summed E-state index contributed by atoms with van der Waals surface area (Å²) < 4.78 is 41.5. The summed E-state index contributed by atoms with van der Waals surface area (Å²) in [6, 6.07) is 9.08. The maximum Gasteiger partial charge on any atom is 0.414 e. The second-order valence-corrected chi connectivity index (χ2v) is 11.0. The smallest absolute Gasteiger partial charge is 0.414 e. The standard InChI is InChI=1S/C31H35F2N7O7/c1-3-25-36-24-7-5-4-6-21(24)29(43)39(25)9-8-26(41)34-17-27(42)37-10-12-38(13-11-37)28-22(32)14-19(15-23(28)33)40-18-20(47-31(40)45)16-35-30(44)46-2/h4-7,14-15,20H,3,8-13,16-18H2,1-2H3,(H,34,41)(H,35,44)/t20-/m0/s1. The van der Waals surface area contributed by atoms with Crippen LogP contribution >= 0.6 is 0 Å². The summed E-state index contributed by atoms with van der Waals surface area (Å²) in [7, 11) is 1.19. The maximum absolute atomic E-state index is 15.2. The molecular weight excluding hydrogens is 620 g/mol. The van der Waals surface area contributed by atoms with E-state index in [-0.39, 0.29) is 81.6 Å². The molecule has 2 aromatic carbocycles. The van der Waals surface area contributed by atoms with Crippen molar-refractivity contribution in [3.05, 3.63) is 64.2 Å². The Bertz CT molecular complexity index is 1720. The minimum atomic E-state index is -0.886. The number of hydrogen-bond donors (Lipinski definition) is 2. The number of para-hydroxylation sites is 1. The topological polar surface area (TPSA) is 155 Å². The minimum absolute atomic E-state index is 0.0251. The predicted octanol–water partition coefficient (Wildman–Crippen LogP) is 1.77. The van der Waals surface area contributed by atoms with Crippen molar-refractivity contribution < 1.29 is 37.4 Å². The first-order valence-corrected chi connectivity index (χ1v) is 15.2. The number of aromatic nitrogens is 2. The van der Waals surface area contributed by atoms with Crippen LogP contribution in [0.5, 0.6) is 0 Å². The Morgan fingerprint density at radius 3 is 2.43 bits per heavy atom. The molecule has 1 atom stereocenters. The molecule has 4 amide bonds. The van der Waals surface area contributed by atoms with Gasteiger partial charge in [-0.05, 0) is 12.1 Å². The Morgan fingerprint density at radius 1 is 1.04 bits per heavy atom. The van der Waals surface area contributed by atoms with Gasteiger partial charge in [0.25, 0.3) is 5.56 Å². The lowest BCUT2D eigenvalue weighted by molar-refractivity contribution is -0.133. The van der Waals surface area contributed by atoms with Crippen molar-refractivity contribution in [2.75, 3.05) is 62.7 Å². The van der Waals surface area contributed by atoms with E-state index in [1.165, 1.54) is 21.5 Å². The Hall–Kier alpha value is -5.28. The van der Waals surface area contributed by atoms with Gasteiger partial charge in [0.1, 0.15) is 17.6 Å². The number of aryl methyl sites for hydroxylation is 1. The molecule has 0 unspecified atom stereocenters. The fraction of sp³-hybridized carbons (Fsp3) is 0.419. The van der Waals surface area contributed by atoms with E-state index in [1.54, 1.807) is 24.3 Å². The molecule has 0 spiro atoms. The van der Waals surface area contributed by atoms with Crippen molar-refractivity contribution in [2.45, 2.75) is 32.4 Å². The van der Waals surface area contributed by atoms with Crippen LogP contribution in [0.2, 0.25) is 0 Å². The van der Waals surface area contributed by atoms with E-state index in [0.29, 0.717) is 23.1 Å². The highest BCUT2D eigenvalue weighted by molar-refractivity contribution is 5.90. The number of hydrogen-bond acceptors (Lipinski definition) is 9. The fourth-order valence-electron chi connectivity index (χ4n) is 5.60. The van der Waals surface area contributed by atoms with Gasteiger partial charge in [0, 0.05) is 57.7 Å². The molecule has 2 N–H and O–H groups in total. The third kappa shape index (κ3) is 7.42. The summed E-state index contributed by atoms with van der Waals surface area (Å²) in [5, 5.41) is 5.46. The highest BCUT2D eigenvalue weighted by Gasteiger charge is 2.34. The number of piperazine rings is 1. The van der Waals surface area contributed by atoms with Gasteiger partial charge in [-0.2, -0.15) is 0 Å². The number of halogens is 2. The summed E-state index contributed by atoms with van der Waals surface area (Å²) in [6.07, 6.45) is -1.76. The number of alkyl carbamates (subject to hydrolysis) is 1. The molecule has 47 heavy (non-hydrogen) atoms. The minimum Gasteiger partial charge on any atom is -0.453 e. The maximum atomic E-state index is 15.2. The number of nitrogens with zero attached hydrogens (tertiary/aromatic N) is 5. The number of carbonyl (C=O) groups is 4. The molecule has 3 heterocycles. The van der Waals surface area contributed by atoms with E-state index in [2.05, 4.69) is 20.4 Å². The van der Waals surface area contributed by atoms with Crippen LogP contribution in [0.1, 0.15) is 19.2 Å². The third-order valence-electron chi connectivity index (χ3n) is 8.05. The first kappa shape index (κ1) is 33.1. The van der Waals surface area contributed by atoms with Gasteiger partial charge >= 0.3 is 12.2 Å². The van der Waals surface area contributed by atoms with Gasteiger partial charge in [-0.25, -0.2) is 23.4 Å². The number of benzene rings is 2. The Kier molecular flexibility index (Phi) is 10.2. The summed E-state index contributed by atoms with van der Waals surface area (Å²) in [6.45, 7) is 2.27. The van der Waals surface area contributed by atoms with Crippen molar-refractivity contribution in [1.82, 2.24) is 25.1 Å². The monoisotopic (exact) mass is 655 g/mol. The van der Waals surface area contributed by atoms with E-state index in [1.807, 2.05) is 6.92 Å². The van der Waals surface area contributed by atoms with Crippen LogP contribution in [0.4, 0.5) is 29.7 Å². The average molecular weight is 656 g/mol. The lowest BCUT2D eigenvalue weighted by Gasteiger charge is -2.36. The largest absolute Gasteiger partial charge is 0.453 e. The van der Waals surface area contributed by atoms with E-state index in [4.69, 9.17) is 4.74 Å². The quantitative estimate of drug-likeness (QED) is 0.333. The average Bonchev–Trinajstić information content (AvgIpc) is 3.45. The van der Waals surface area contributed by atoms with Crippen LogP contribution < -0.4 is 26.0 Å². The zero-order valence-electron chi connectivity index (χ0n) is 26.0. The van der Waals surface area contributed by atoms with E-state index < -0.39 is 35.8 Å². The Labute approximate surface area is 268 Å². The number of cyclic esters (lactones) is 1. The molecule has 0 saturated carbocycles. The van der Waals surface area contributed by atoms with Gasteiger partial charge in [0.15, 0.2) is 11.6 Å². The molecule has 2 aliphatic heterocycles. The molecule has 1 aromatic heterocycles. The predicted molar refractivity (Wildman–Crippen MR) is 166 cm³/mol. The van der Waals surface area contributed by atoms with E-state index >= 15 is 8.78 Å². The van der Waals surface area contributed by atoms with E-state index in [0.717, 1.165) is 17.0 Å². The Balaban J connectivity index is 1.11. The van der Waals surface area contributed by atoms with Crippen LogP contribution in [0.3, 0.4) is 0 Å². The number of rotatable bonds is 10. The van der Waals surface area contributed by atoms with Gasteiger partial charge in [-0.3, -0.25) is 23.9 Å². The number of fused-ring (bicyclic) bond motifs is 1. The lowest BCUT2D eigenvalue weighted by atomic mass is 10.2. The van der Waals surface area contributed by atoms with Crippen LogP contribution in [0.15, 0.2) is 41.2 Å². The van der Waals surface area contributed by atoms with Gasteiger partial charge in [0.05, 0.1) is 43.3 Å². The summed E-state index contributed by atoms with van der Waals surface area (Å²) in [4.78, 5) is 70.5. The molecule has 16 heteroatoms. The van der Waals surface area contributed by atoms with Crippen LogP contribution in [0, 0.1) is 11.6 Å². The normalized spacial score (nSPS) is 16.3. The molecule has 2 saturated heterocycles. The van der Waals surface area contributed by atoms with E-state index in [9.17, 15) is 24.0 Å². The van der Waals surface area contributed by atoms with Gasteiger partial charge in [0.2, 0.25) is 11.8 Å². The second-order valence-electron chi connectivity index (χ2n) is 11.0. The number of ether oxygens (including phenoxy) is 2. The lowest BCUT2D eigenvalue weighted by Crippen LogP contribution is -2.51. The first-order chi connectivity index (χ1) is 22.6. The molecular formula is C31H35F2N7O7. The summed E-state index contributed by atoms with van der Waals surface area (Å²) in [5.74, 6) is -1.96. The number of nitrogens with one attached hydrogen (secondary N) is 2. The number of anilines is 2. The van der Waals surface area contributed by atoms with Crippen LogP contribution in [-0.2, 0) is 32.0 Å². The van der Waals surface area contributed by atoms with Gasteiger partial charge in [-0.1, -0.05) is 19.1 Å². The number of carbonyl (C=O) groups excluding carboxylic acids is 4. The van der Waals surface area contributed by atoms with Crippen molar-refractivity contribution in [1.29, 1.82) is 0 Å². The molecule has 14 nitrogen and oxygen atoms in total. The number of methoxy groups -OCH3 is 1. The molecule has 5 rings (SSSR count). The molecule has 2 aliphatic rings. The highest BCUT2D eigenvalue weighted by atomic mass is 19.1. The molecule has 2 fully saturated rings. The molecule has 0 aliphatic carbocycles. The molecule has 0 radical (unpaired) electrons. The van der Waals surface area contributed by atoms with Crippen LogP contribution in [0.25, 0.3) is 10.9 Å². The zero-order valence-corrected chi connectivity index (χ0v) is 26.0. The van der Waals surface area contributed by atoms with Crippen molar-refractivity contribution in [3.63, 3.8) is 0 Å². The van der Waals surface area contributed by atoms with Crippen molar-refractivity contribution in [3.8, 4) is 0 Å². The zero-order chi connectivity index (χ0) is 33.7. The van der Waals surface area contributed by atoms with Crippen molar-refractivity contribution in [2.24, 2.45) is 0 Å². The first-order valence-electron chi connectivity index (χ1n) is 15.2. The second kappa shape index (κ2) is 14.4. The molecule has 3 aromatic rings. The summed E-state index contributed by atoms with van der Waals surface area (Å²) >= 11 is 0. The van der Waals surface area contributed by atoms with Gasteiger partial charge in [-0.15, -0.1) is 0 Å². The van der Waals surface area contributed by atoms with Crippen molar-refractivity contribution >= 4 is 46.3 Å². The highest BCUT2D eigenvalue weighted by Crippen LogP contribution is 2.31.